The Kier molecular flexibility index (Phi) is 11.7. The molecule has 3 aromatic rings. The van der Waals surface area contributed by atoms with E-state index in [1.165, 1.54) is 21.1 Å². The molecule has 3 amide bonds. The molecule has 2 fully saturated rings. The third-order valence-electron chi connectivity index (χ3n) is 9.28. The van der Waals surface area contributed by atoms with Crippen molar-refractivity contribution in [2.75, 3.05) is 19.7 Å². The lowest BCUT2D eigenvalue weighted by atomic mass is 9.84. The zero-order valence-electron chi connectivity index (χ0n) is 29.6. The summed E-state index contributed by atoms with van der Waals surface area (Å²) in [5.41, 5.74) is 0.473. The van der Waals surface area contributed by atoms with Gasteiger partial charge in [0, 0.05) is 42.2 Å². The normalized spacial score (nSPS) is 18.8. The monoisotopic (exact) mass is 828 g/mol. The SMILES string of the molecule is CC(C)(C)OC(=O)N1CC2CC(c3nc(CCCOc4cc(C(F)(F)F)ccc4Cl)cs3)=C(C(=O)N(Cc3cccc(Cl)c3Cl)C3CC3)[C@@H](C1)N2C(=O)O. The van der Waals surface area contributed by atoms with Crippen LogP contribution in [0.1, 0.15) is 68.3 Å². The topological polar surface area (TPSA) is 113 Å². The van der Waals surface area contributed by atoms with Gasteiger partial charge in [-0.15, -0.1) is 11.3 Å². The number of aromatic nitrogens is 1. The average molecular weight is 830 g/mol. The molecule has 1 saturated heterocycles. The molecule has 54 heavy (non-hydrogen) atoms. The first kappa shape index (κ1) is 40.0. The van der Waals surface area contributed by atoms with Crippen LogP contribution in [0.3, 0.4) is 0 Å². The number of rotatable bonds is 10. The number of carboxylic acid groups (broad SMARTS) is 1. The Balaban J connectivity index is 1.31. The van der Waals surface area contributed by atoms with Crippen molar-refractivity contribution in [3.63, 3.8) is 0 Å². The van der Waals surface area contributed by atoms with Gasteiger partial charge in [0.05, 0.1) is 45.0 Å². The van der Waals surface area contributed by atoms with Crippen LogP contribution in [-0.4, -0.2) is 86.3 Å². The van der Waals surface area contributed by atoms with Crippen molar-refractivity contribution in [1.29, 1.82) is 0 Å². The molecule has 2 atom stereocenters. The summed E-state index contributed by atoms with van der Waals surface area (Å²) < 4.78 is 50.9. The van der Waals surface area contributed by atoms with Gasteiger partial charge in [-0.2, -0.15) is 13.2 Å². The number of hydrogen-bond donors (Lipinski definition) is 1. The van der Waals surface area contributed by atoms with E-state index in [4.69, 9.17) is 49.3 Å². The largest absolute Gasteiger partial charge is 0.492 e. The van der Waals surface area contributed by atoms with Crippen LogP contribution in [0, 0.1) is 0 Å². The lowest BCUT2D eigenvalue weighted by Crippen LogP contribution is -2.65. The van der Waals surface area contributed by atoms with E-state index < -0.39 is 41.6 Å². The van der Waals surface area contributed by atoms with E-state index in [-0.39, 0.29) is 61.0 Å². The van der Waals surface area contributed by atoms with Crippen LogP contribution in [0.15, 0.2) is 47.4 Å². The van der Waals surface area contributed by atoms with Gasteiger partial charge in [-0.3, -0.25) is 9.69 Å². The number of benzene rings is 2. The Morgan fingerprint density at radius 2 is 1.80 bits per heavy atom. The Hall–Kier alpha value is -3.72. The Morgan fingerprint density at radius 1 is 1.06 bits per heavy atom. The standard InChI is InChI=1S/C37H38Cl3F3N4O6S/c1-36(2,3)53-35(51)45-17-24-15-25(32-44-22(19-54-32)7-5-13-52-29-14-21(37(41,42)43)9-12-26(29)38)30(28(18-45)47(24)34(49)50)33(48)46(23-10-11-23)16-20-6-4-8-27(39)31(20)40/h4,6,8-9,12,14,19,23-24,28H,5,7,10-11,13,15-18H2,1-3H3,(H,49,50)/t24?,28-/m1/s1. The molecule has 1 aromatic heterocycles. The molecule has 0 radical (unpaired) electrons. The number of alkyl halides is 3. The van der Waals surface area contributed by atoms with Crippen LogP contribution in [-0.2, 0) is 28.7 Å². The maximum atomic E-state index is 14.9. The highest BCUT2D eigenvalue weighted by Crippen LogP contribution is 2.43. The van der Waals surface area contributed by atoms with E-state index in [1.807, 2.05) is 5.38 Å². The summed E-state index contributed by atoms with van der Waals surface area (Å²) >= 11 is 20.3. The molecule has 290 valence electrons. The Morgan fingerprint density at radius 3 is 2.46 bits per heavy atom. The van der Waals surface area contributed by atoms with Gasteiger partial charge < -0.3 is 24.4 Å². The van der Waals surface area contributed by atoms with E-state index in [1.54, 1.807) is 43.9 Å². The van der Waals surface area contributed by atoms with Gasteiger partial charge in [-0.05, 0) is 82.7 Å². The molecule has 2 aromatic carbocycles. The van der Waals surface area contributed by atoms with Gasteiger partial charge >= 0.3 is 18.4 Å². The molecular formula is C37H38Cl3F3N4O6S. The Labute approximate surface area is 329 Å². The van der Waals surface area contributed by atoms with Crippen LogP contribution in [0.2, 0.25) is 15.1 Å². The highest BCUT2D eigenvalue weighted by atomic mass is 35.5. The number of aryl methyl sites for hydroxylation is 1. The summed E-state index contributed by atoms with van der Waals surface area (Å²) in [4.78, 5) is 50.4. The average Bonchev–Trinajstić information content (AvgIpc) is 3.82. The number of carbonyl (C=O) groups is 3. The lowest BCUT2D eigenvalue weighted by Gasteiger charge is -2.49. The zero-order valence-corrected chi connectivity index (χ0v) is 32.7. The van der Waals surface area contributed by atoms with E-state index >= 15 is 0 Å². The first-order valence-corrected chi connectivity index (χ1v) is 19.3. The molecule has 3 aliphatic rings. The molecule has 17 heteroatoms. The smallest absolute Gasteiger partial charge is 0.416 e. The van der Waals surface area contributed by atoms with Gasteiger partial charge in [0.1, 0.15) is 16.4 Å². The van der Waals surface area contributed by atoms with Crippen molar-refractivity contribution in [2.24, 2.45) is 0 Å². The molecule has 6 rings (SSSR count). The first-order valence-electron chi connectivity index (χ1n) is 17.3. The van der Waals surface area contributed by atoms with Crippen molar-refractivity contribution in [2.45, 2.75) is 89.3 Å². The maximum Gasteiger partial charge on any atom is 0.416 e. The molecule has 1 saturated carbocycles. The predicted molar refractivity (Wildman–Crippen MR) is 199 cm³/mol. The summed E-state index contributed by atoms with van der Waals surface area (Å²) in [6, 6.07) is 6.28. The molecular weight excluding hydrogens is 792 g/mol. The summed E-state index contributed by atoms with van der Waals surface area (Å²) in [6.45, 7) is 5.39. The quantitative estimate of drug-likeness (QED) is 0.203. The van der Waals surface area contributed by atoms with Gasteiger partial charge in [-0.25, -0.2) is 14.6 Å². The minimum absolute atomic E-state index is 0.0564. The molecule has 3 heterocycles. The highest BCUT2D eigenvalue weighted by Gasteiger charge is 2.50. The summed E-state index contributed by atoms with van der Waals surface area (Å²) in [5, 5.41) is 13.6. The second kappa shape index (κ2) is 15.8. The lowest BCUT2D eigenvalue weighted by molar-refractivity contribution is -0.137. The molecule has 1 unspecified atom stereocenters. The van der Waals surface area contributed by atoms with E-state index in [2.05, 4.69) is 0 Å². The fourth-order valence-electron chi connectivity index (χ4n) is 6.70. The highest BCUT2D eigenvalue weighted by molar-refractivity contribution is 7.10. The summed E-state index contributed by atoms with van der Waals surface area (Å²) in [6.07, 6.45) is -3.93. The third-order valence-corrected chi connectivity index (χ3v) is 11.4. The molecule has 2 aliphatic heterocycles. The van der Waals surface area contributed by atoms with Crippen molar-refractivity contribution in [3.8, 4) is 5.75 Å². The van der Waals surface area contributed by atoms with Crippen molar-refractivity contribution in [1.82, 2.24) is 19.7 Å². The second-order valence-electron chi connectivity index (χ2n) is 14.5. The summed E-state index contributed by atoms with van der Waals surface area (Å²) in [5.74, 6) is -0.456. The van der Waals surface area contributed by atoms with Crippen LogP contribution in [0.25, 0.3) is 5.57 Å². The third kappa shape index (κ3) is 9.04. The number of ether oxygens (including phenoxy) is 2. The minimum Gasteiger partial charge on any atom is -0.492 e. The number of piperazine rings is 1. The van der Waals surface area contributed by atoms with Crippen LogP contribution >= 0.6 is 46.1 Å². The van der Waals surface area contributed by atoms with Crippen LogP contribution < -0.4 is 4.74 Å². The van der Waals surface area contributed by atoms with Gasteiger partial charge in [-0.1, -0.05) is 46.9 Å². The number of fused-ring (bicyclic) bond motifs is 2. The van der Waals surface area contributed by atoms with Crippen molar-refractivity contribution >= 4 is 69.8 Å². The van der Waals surface area contributed by atoms with E-state index in [9.17, 15) is 32.7 Å². The number of carbonyl (C=O) groups excluding carboxylic acids is 2. The fraction of sp³-hybridized carbons (Fsp3) is 0.459. The molecule has 1 N–H and O–H groups in total. The zero-order chi connectivity index (χ0) is 39.1. The number of amides is 3. The van der Waals surface area contributed by atoms with Gasteiger partial charge in [0.15, 0.2) is 0 Å². The number of halogens is 6. The van der Waals surface area contributed by atoms with Gasteiger partial charge in [0.25, 0.3) is 5.91 Å². The van der Waals surface area contributed by atoms with Crippen LogP contribution in [0.5, 0.6) is 5.75 Å². The maximum absolute atomic E-state index is 14.9. The van der Waals surface area contributed by atoms with Crippen molar-refractivity contribution < 1.29 is 42.1 Å². The van der Waals surface area contributed by atoms with E-state index in [0.717, 1.165) is 31.0 Å². The number of thiazole rings is 1. The van der Waals surface area contributed by atoms with E-state index in [0.29, 0.717) is 44.7 Å². The first-order chi connectivity index (χ1) is 25.4. The fourth-order valence-corrected chi connectivity index (χ4v) is 8.17. The minimum atomic E-state index is -4.54. The summed E-state index contributed by atoms with van der Waals surface area (Å²) in [7, 11) is 0. The van der Waals surface area contributed by atoms with Crippen LogP contribution in [0.4, 0.5) is 22.8 Å². The second-order valence-corrected chi connectivity index (χ2v) is 16.5. The predicted octanol–water partition coefficient (Wildman–Crippen LogP) is 9.45. The Bertz CT molecular complexity index is 1960. The molecule has 1 aliphatic carbocycles. The molecule has 0 spiro atoms. The number of nitrogens with zero attached hydrogens (tertiary/aromatic N) is 4. The molecule has 2 bridgehead atoms. The van der Waals surface area contributed by atoms with Gasteiger partial charge in [0.2, 0.25) is 0 Å². The molecule has 10 nitrogen and oxygen atoms in total. The number of hydrogen-bond acceptors (Lipinski definition) is 7. The van der Waals surface area contributed by atoms with Crippen molar-refractivity contribution in [3.05, 3.63) is 84.2 Å².